The fraction of sp³-hybridized carbons (Fsp3) is 0.0968. The third-order valence-corrected chi connectivity index (χ3v) is 6.91. The Hall–Kier alpha value is -3.64. The minimum Gasteiger partial charge on any atom is -0.0622 e. The standard InChI is InChI=1S/C31H24/c1-3-15-27(16-4-1)31(28-17-5-2-6-18-28,29-19-23-11-7-8-12-24(23)20-29)30-21-25-13-9-10-14-26(25)22-30/h1-19,21H,20,22H2. The van der Waals surface area contributed by atoms with Gasteiger partial charge < -0.3 is 0 Å². The molecule has 0 aromatic heterocycles. The summed E-state index contributed by atoms with van der Waals surface area (Å²) in [4.78, 5) is 0. The molecule has 31 heavy (non-hydrogen) atoms. The molecule has 0 aliphatic heterocycles. The van der Waals surface area contributed by atoms with Crippen molar-refractivity contribution in [3.8, 4) is 0 Å². The third kappa shape index (κ3) is 2.83. The van der Waals surface area contributed by atoms with Crippen molar-refractivity contribution < 1.29 is 0 Å². The quantitative estimate of drug-likeness (QED) is 0.341. The molecular weight excluding hydrogens is 372 g/mol. The van der Waals surface area contributed by atoms with Crippen LogP contribution in [-0.2, 0) is 18.3 Å². The first-order valence-electron chi connectivity index (χ1n) is 11.0. The number of hydrogen-bond acceptors (Lipinski definition) is 0. The molecule has 0 saturated carbocycles. The predicted octanol–water partition coefficient (Wildman–Crippen LogP) is 7.25. The lowest BCUT2D eigenvalue weighted by Crippen LogP contribution is -2.33. The average Bonchev–Trinajstić information content (AvgIpc) is 3.46. The van der Waals surface area contributed by atoms with Crippen molar-refractivity contribution in [2.24, 2.45) is 0 Å². The second kappa shape index (κ2) is 7.25. The van der Waals surface area contributed by atoms with Crippen LogP contribution in [0.4, 0.5) is 0 Å². The Morgan fingerprint density at radius 3 is 1.23 bits per heavy atom. The summed E-state index contributed by atoms with van der Waals surface area (Å²) >= 11 is 0. The minimum absolute atomic E-state index is 0.277. The van der Waals surface area contributed by atoms with Gasteiger partial charge in [-0.25, -0.2) is 0 Å². The number of rotatable bonds is 4. The summed E-state index contributed by atoms with van der Waals surface area (Å²) in [6.45, 7) is 0. The van der Waals surface area contributed by atoms with Gasteiger partial charge in [-0.1, -0.05) is 121 Å². The maximum atomic E-state index is 2.44. The summed E-state index contributed by atoms with van der Waals surface area (Å²) in [5.74, 6) is 0. The predicted molar refractivity (Wildman–Crippen MR) is 130 cm³/mol. The Kier molecular flexibility index (Phi) is 4.25. The Morgan fingerprint density at radius 2 is 0.806 bits per heavy atom. The molecule has 0 unspecified atom stereocenters. The molecule has 2 aliphatic carbocycles. The lowest BCUT2D eigenvalue weighted by molar-refractivity contribution is 0.684. The first kappa shape index (κ1) is 18.2. The molecule has 4 aromatic carbocycles. The smallest absolute Gasteiger partial charge is 0.0622 e. The van der Waals surface area contributed by atoms with Crippen LogP contribution in [0, 0.1) is 0 Å². The molecule has 0 atom stereocenters. The van der Waals surface area contributed by atoms with Gasteiger partial charge in [0.1, 0.15) is 0 Å². The number of fused-ring (bicyclic) bond motifs is 2. The maximum absolute atomic E-state index is 2.44. The average molecular weight is 397 g/mol. The van der Waals surface area contributed by atoms with Gasteiger partial charge >= 0.3 is 0 Å². The topological polar surface area (TPSA) is 0 Å². The fourth-order valence-corrected chi connectivity index (χ4v) is 5.53. The van der Waals surface area contributed by atoms with Gasteiger partial charge in [-0.2, -0.15) is 0 Å². The molecule has 0 fully saturated rings. The molecule has 148 valence electrons. The molecule has 2 aliphatic rings. The van der Waals surface area contributed by atoms with Crippen molar-refractivity contribution in [1.29, 1.82) is 0 Å². The van der Waals surface area contributed by atoms with E-state index in [1.807, 2.05) is 0 Å². The minimum atomic E-state index is -0.277. The Morgan fingerprint density at radius 1 is 0.419 bits per heavy atom. The van der Waals surface area contributed by atoms with E-state index in [1.165, 1.54) is 44.5 Å². The van der Waals surface area contributed by atoms with Gasteiger partial charge in [0.05, 0.1) is 5.41 Å². The second-order valence-electron chi connectivity index (χ2n) is 8.57. The molecule has 0 heteroatoms. The monoisotopic (exact) mass is 396 g/mol. The Bertz CT molecular complexity index is 1200. The molecule has 4 aromatic rings. The molecule has 0 nitrogen and oxygen atoms in total. The zero-order chi connectivity index (χ0) is 20.7. The zero-order valence-electron chi connectivity index (χ0n) is 17.5. The molecular formula is C31H24. The van der Waals surface area contributed by atoms with Crippen LogP contribution < -0.4 is 0 Å². The van der Waals surface area contributed by atoms with E-state index in [2.05, 4.69) is 121 Å². The van der Waals surface area contributed by atoms with E-state index in [0.29, 0.717) is 0 Å². The van der Waals surface area contributed by atoms with E-state index >= 15 is 0 Å². The molecule has 6 rings (SSSR count). The van der Waals surface area contributed by atoms with Gasteiger partial charge in [-0.3, -0.25) is 0 Å². The van der Waals surface area contributed by atoms with Gasteiger partial charge in [-0.15, -0.1) is 0 Å². The number of benzene rings is 4. The van der Waals surface area contributed by atoms with Crippen LogP contribution in [0.2, 0.25) is 0 Å². The molecule has 0 spiro atoms. The summed E-state index contributed by atoms with van der Waals surface area (Å²) in [6.07, 6.45) is 6.85. The largest absolute Gasteiger partial charge is 0.0634 e. The highest BCUT2D eigenvalue weighted by Gasteiger charge is 2.44. The molecule has 0 bridgehead atoms. The molecule has 0 amide bonds. The molecule has 0 heterocycles. The van der Waals surface area contributed by atoms with Crippen LogP contribution >= 0.6 is 0 Å². The van der Waals surface area contributed by atoms with E-state index in [4.69, 9.17) is 0 Å². The van der Waals surface area contributed by atoms with E-state index in [0.717, 1.165) is 12.8 Å². The SMILES string of the molecule is C1=C(C(C2=Cc3ccccc3C2)(c2ccccc2)c2ccccc2)Cc2ccccc21. The highest BCUT2D eigenvalue weighted by molar-refractivity contribution is 5.78. The van der Waals surface area contributed by atoms with Crippen molar-refractivity contribution in [1.82, 2.24) is 0 Å². The van der Waals surface area contributed by atoms with Crippen molar-refractivity contribution in [2.75, 3.05) is 0 Å². The van der Waals surface area contributed by atoms with Crippen molar-refractivity contribution in [3.63, 3.8) is 0 Å². The summed E-state index contributed by atoms with van der Waals surface area (Å²) in [5.41, 5.74) is 10.9. The maximum Gasteiger partial charge on any atom is 0.0634 e. The first-order valence-corrected chi connectivity index (χ1v) is 11.0. The number of allylic oxidation sites excluding steroid dienone is 2. The van der Waals surface area contributed by atoms with Crippen LogP contribution in [-0.4, -0.2) is 0 Å². The van der Waals surface area contributed by atoms with Crippen molar-refractivity contribution >= 4 is 12.2 Å². The van der Waals surface area contributed by atoms with Gasteiger partial charge in [0.2, 0.25) is 0 Å². The summed E-state index contributed by atoms with van der Waals surface area (Å²) in [7, 11) is 0. The Labute approximate surface area is 184 Å². The highest BCUT2D eigenvalue weighted by Crippen LogP contribution is 2.52. The molecule has 0 saturated heterocycles. The third-order valence-electron chi connectivity index (χ3n) is 6.91. The van der Waals surface area contributed by atoms with Crippen LogP contribution in [0.5, 0.6) is 0 Å². The Balaban J connectivity index is 1.65. The lowest BCUT2D eigenvalue weighted by atomic mass is 9.63. The van der Waals surface area contributed by atoms with E-state index in [9.17, 15) is 0 Å². The van der Waals surface area contributed by atoms with Crippen molar-refractivity contribution in [3.05, 3.63) is 154 Å². The summed E-state index contributed by atoms with van der Waals surface area (Å²) in [6, 6.07) is 39.8. The molecule has 0 N–H and O–H groups in total. The lowest BCUT2D eigenvalue weighted by Gasteiger charge is -2.39. The normalized spacial score (nSPS) is 14.6. The van der Waals surface area contributed by atoms with Gasteiger partial charge in [0, 0.05) is 0 Å². The first-order chi connectivity index (χ1) is 15.4. The second-order valence-corrected chi connectivity index (χ2v) is 8.57. The molecule has 0 radical (unpaired) electrons. The van der Waals surface area contributed by atoms with Crippen LogP contribution in [0.25, 0.3) is 12.2 Å². The van der Waals surface area contributed by atoms with Crippen LogP contribution in [0.3, 0.4) is 0 Å². The zero-order valence-corrected chi connectivity index (χ0v) is 17.5. The van der Waals surface area contributed by atoms with Gasteiger partial charge in [0.15, 0.2) is 0 Å². The van der Waals surface area contributed by atoms with Crippen LogP contribution in [0.1, 0.15) is 33.4 Å². The number of hydrogen-bond donors (Lipinski definition) is 0. The fourth-order valence-electron chi connectivity index (χ4n) is 5.53. The van der Waals surface area contributed by atoms with Gasteiger partial charge in [-0.05, 0) is 57.4 Å². The van der Waals surface area contributed by atoms with E-state index < -0.39 is 0 Å². The summed E-state index contributed by atoms with van der Waals surface area (Å²) < 4.78 is 0. The van der Waals surface area contributed by atoms with E-state index in [-0.39, 0.29) is 5.41 Å². The summed E-state index contributed by atoms with van der Waals surface area (Å²) in [5, 5.41) is 0. The highest BCUT2D eigenvalue weighted by atomic mass is 14.5. The van der Waals surface area contributed by atoms with Gasteiger partial charge in [0.25, 0.3) is 0 Å². The van der Waals surface area contributed by atoms with Crippen molar-refractivity contribution in [2.45, 2.75) is 18.3 Å². The van der Waals surface area contributed by atoms with Crippen LogP contribution in [0.15, 0.2) is 120 Å². The van der Waals surface area contributed by atoms with E-state index in [1.54, 1.807) is 0 Å².